The van der Waals surface area contributed by atoms with Crippen molar-refractivity contribution in [3.05, 3.63) is 0 Å². The van der Waals surface area contributed by atoms with Crippen molar-refractivity contribution in [2.45, 2.75) is 6.10 Å². The van der Waals surface area contributed by atoms with Crippen molar-refractivity contribution in [3.8, 4) is 0 Å². The molecule has 0 aliphatic carbocycles. The third-order valence-corrected chi connectivity index (χ3v) is 2.25. The molecule has 5 heteroatoms. The zero-order valence-corrected chi connectivity index (χ0v) is 7.49. The number of ether oxygens (including phenoxy) is 2. The lowest BCUT2D eigenvalue weighted by Gasteiger charge is -2.31. The zero-order valence-electron chi connectivity index (χ0n) is 7.49. The standard InChI is InChI=1S/C8H14N2O3/c11-8(13-7-5-12-6-7)10-3-1-9-2-4-10/h7,9H,1-6H2. The highest BCUT2D eigenvalue weighted by Crippen LogP contribution is 2.08. The monoisotopic (exact) mass is 186 g/mol. The van der Waals surface area contributed by atoms with E-state index in [1.807, 2.05) is 0 Å². The number of nitrogens with zero attached hydrogens (tertiary/aromatic N) is 1. The highest BCUT2D eigenvalue weighted by molar-refractivity contribution is 5.68. The number of nitrogens with one attached hydrogen (secondary N) is 1. The van der Waals surface area contributed by atoms with Crippen LogP contribution in [0.3, 0.4) is 0 Å². The molecule has 0 aromatic carbocycles. The molecular formula is C8H14N2O3. The van der Waals surface area contributed by atoms with Crippen LogP contribution in [0.4, 0.5) is 4.79 Å². The van der Waals surface area contributed by atoms with Crippen LogP contribution >= 0.6 is 0 Å². The SMILES string of the molecule is O=C(OC1COC1)N1CCNCC1. The number of carbonyl (C=O) groups excluding carboxylic acids is 1. The highest BCUT2D eigenvalue weighted by Gasteiger charge is 2.26. The quantitative estimate of drug-likeness (QED) is 0.595. The van der Waals surface area contributed by atoms with Gasteiger partial charge in [-0.25, -0.2) is 4.79 Å². The van der Waals surface area contributed by atoms with Gasteiger partial charge in [-0.2, -0.15) is 0 Å². The van der Waals surface area contributed by atoms with Crippen LogP contribution in [-0.4, -0.2) is 56.5 Å². The van der Waals surface area contributed by atoms with Gasteiger partial charge in [-0.05, 0) is 0 Å². The van der Waals surface area contributed by atoms with Crippen molar-refractivity contribution in [2.75, 3.05) is 39.4 Å². The van der Waals surface area contributed by atoms with Crippen molar-refractivity contribution < 1.29 is 14.3 Å². The van der Waals surface area contributed by atoms with E-state index in [0.29, 0.717) is 13.2 Å². The second-order valence-electron chi connectivity index (χ2n) is 3.28. The molecule has 1 amide bonds. The van der Waals surface area contributed by atoms with E-state index in [4.69, 9.17) is 9.47 Å². The Labute approximate surface area is 77.0 Å². The second kappa shape index (κ2) is 3.93. The van der Waals surface area contributed by atoms with E-state index in [2.05, 4.69) is 5.32 Å². The molecular weight excluding hydrogens is 172 g/mol. The Hall–Kier alpha value is -0.810. The van der Waals surface area contributed by atoms with Crippen LogP contribution in [0.25, 0.3) is 0 Å². The van der Waals surface area contributed by atoms with Gasteiger partial charge in [-0.3, -0.25) is 0 Å². The smallest absolute Gasteiger partial charge is 0.410 e. The molecule has 0 atom stereocenters. The van der Waals surface area contributed by atoms with E-state index in [1.54, 1.807) is 4.90 Å². The Morgan fingerprint density at radius 2 is 2.08 bits per heavy atom. The summed E-state index contributed by atoms with van der Waals surface area (Å²) in [7, 11) is 0. The van der Waals surface area contributed by atoms with Gasteiger partial charge < -0.3 is 19.7 Å². The first-order chi connectivity index (χ1) is 6.36. The summed E-state index contributed by atoms with van der Waals surface area (Å²) in [6.45, 7) is 4.31. The van der Waals surface area contributed by atoms with Crippen LogP contribution in [-0.2, 0) is 9.47 Å². The summed E-state index contributed by atoms with van der Waals surface area (Å²) in [6, 6.07) is 0. The molecule has 0 unspecified atom stereocenters. The molecule has 0 radical (unpaired) electrons. The Kier molecular flexibility index (Phi) is 2.65. The molecule has 2 aliphatic heterocycles. The minimum atomic E-state index is -0.199. The molecule has 0 saturated carbocycles. The van der Waals surface area contributed by atoms with E-state index in [1.165, 1.54) is 0 Å². The number of hydrogen-bond donors (Lipinski definition) is 1. The number of piperazine rings is 1. The maximum atomic E-state index is 11.4. The first kappa shape index (κ1) is 8.77. The molecule has 0 aromatic rings. The molecule has 0 aromatic heterocycles. The van der Waals surface area contributed by atoms with E-state index in [9.17, 15) is 4.79 Å². The second-order valence-corrected chi connectivity index (χ2v) is 3.28. The van der Waals surface area contributed by atoms with Gasteiger partial charge >= 0.3 is 6.09 Å². The van der Waals surface area contributed by atoms with Gasteiger partial charge in [0.15, 0.2) is 6.10 Å². The Bertz CT molecular complexity index is 188. The van der Waals surface area contributed by atoms with Gasteiger partial charge in [0.2, 0.25) is 0 Å². The van der Waals surface area contributed by atoms with Crippen molar-refractivity contribution in [2.24, 2.45) is 0 Å². The zero-order chi connectivity index (χ0) is 9.10. The normalized spacial score (nSPS) is 23.8. The average Bonchev–Trinajstić information content (AvgIpc) is 2.12. The fourth-order valence-electron chi connectivity index (χ4n) is 1.35. The maximum Gasteiger partial charge on any atom is 0.410 e. The lowest BCUT2D eigenvalue weighted by atomic mass is 10.3. The van der Waals surface area contributed by atoms with Crippen molar-refractivity contribution in [1.29, 1.82) is 0 Å². The Morgan fingerprint density at radius 1 is 1.38 bits per heavy atom. The van der Waals surface area contributed by atoms with Crippen molar-refractivity contribution in [3.63, 3.8) is 0 Å². The first-order valence-corrected chi connectivity index (χ1v) is 4.60. The summed E-state index contributed by atoms with van der Waals surface area (Å²) in [5.41, 5.74) is 0. The van der Waals surface area contributed by atoms with Crippen LogP contribution in [0.2, 0.25) is 0 Å². The van der Waals surface area contributed by atoms with Gasteiger partial charge in [-0.1, -0.05) is 0 Å². The minimum absolute atomic E-state index is 0.0117. The summed E-state index contributed by atoms with van der Waals surface area (Å²) in [5, 5.41) is 3.18. The van der Waals surface area contributed by atoms with Crippen LogP contribution in [0.15, 0.2) is 0 Å². The Balaban J connectivity index is 1.74. The molecule has 5 nitrogen and oxygen atoms in total. The molecule has 2 rings (SSSR count). The molecule has 2 fully saturated rings. The van der Waals surface area contributed by atoms with E-state index < -0.39 is 0 Å². The van der Waals surface area contributed by atoms with Crippen LogP contribution in [0.1, 0.15) is 0 Å². The summed E-state index contributed by atoms with van der Waals surface area (Å²) < 4.78 is 10.1. The highest BCUT2D eigenvalue weighted by atomic mass is 16.6. The first-order valence-electron chi connectivity index (χ1n) is 4.60. The Morgan fingerprint density at radius 3 is 2.62 bits per heavy atom. The van der Waals surface area contributed by atoms with Crippen molar-refractivity contribution in [1.82, 2.24) is 10.2 Å². The van der Waals surface area contributed by atoms with Gasteiger partial charge in [0.25, 0.3) is 0 Å². The molecule has 2 heterocycles. The fourth-order valence-corrected chi connectivity index (χ4v) is 1.35. The summed E-state index contributed by atoms with van der Waals surface area (Å²) >= 11 is 0. The van der Waals surface area contributed by atoms with Crippen LogP contribution in [0.5, 0.6) is 0 Å². The minimum Gasteiger partial charge on any atom is -0.441 e. The fraction of sp³-hybridized carbons (Fsp3) is 0.875. The topological polar surface area (TPSA) is 50.8 Å². The largest absolute Gasteiger partial charge is 0.441 e. The third kappa shape index (κ3) is 2.10. The number of rotatable bonds is 1. The molecule has 2 aliphatic rings. The summed E-state index contributed by atoms with van der Waals surface area (Å²) in [5.74, 6) is 0. The van der Waals surface area contributed by atoms with Crippen molar-refractivity contribution >= 4 is 6.09 Å². The molecule has 0 spiro atoms. The van der Waals surface area contributed by atoms with E-state index >= 15 is 0 Å². The average molecular weight is 186 g/mol. The van der Waals surface area contributed by atoms with Gasteiger partial charge in [-0.15, -0.1) is 0 Å². The maximum absolute atomic E-state index is 11.4. The molecule has 2 saturated heterocycles. The lowest BCUT2D eigenvalue weighted by Crippen LogP contribution is -2.49. The molecule has 74 valence electrons. The third-order valence-electron chi connectivity index (χ3n) is 2.25. The van der Waals surface area contributed by atoms with E-state index in [0.717, 1.165) is 26.2 Å². The van der Waals surface area contributed by atoms with Crippen LogP contribution < -0.4 is 5.32 Å². The predicted molar refractivity (Wildman–Crippen MR) is 45.5 cm³/mol. The van der Waals surface area contributed by atoms with E-state index in [-0.39, 0.29) is 12.2 Å². The predicted octanol–water partition coefficient (Wildman–Crippen LogP) is -0.573. The van der Waals surface area contributed by atoms with Gasteiger partial charge in [0, 0.05) is 26.2 Å². The number of hydrogen-bond acceptors (Lipinski definition) is 4. The summed E-state index contributed by atoms with van der Waals surface area (Å²) in [6.07, 6.45) is -0.211. The molecule has 1 N–H and O–H groups in total. The molecule has 13 heavy (non-hydrogen) atoms. The lowest BCUT2D eigenvalue weighted by molar-refractivity contribution is -0.105. The molecule has 0 bridgehead atoms. The van der Waals surface area contributed by atoms with Gasteiger partial charge in [0.05, 0.1) is 13.2 Å². The number of amides is 1. The van der Waals surface area contributed by atoms with Crippen LogP contribution in [0, 0.1) is 0 Å². The number of carbonyl (C=O) groups is 1. The van der Waals surface area contributed by atoms with Gasteiger partial charge in [0.1, 0.15) is 0 Å². The summed E-state index contributed by atoms with van der Waals surface area (Å²) in [4.78, 5) is 13.2.